The van der Waals surface area contributed by atoms with Crippen LogP contribution in [0.5, 0.6) is 0 Å². The van der Waals surface area contributed by atoms with Crippen molar-refractivity contribution in [3.8, 4) is 0 Å². The summed E-state index contributed by atoms with van der Waals surface area (Å²) in [5.41, 5.74) is 1.22. The molecule has 1 unspecified atom stereocenters. The molecular formula is C11H16BrN3. The van der Waals surface area contributed by atoms with Gasteiger partial charge in [-0.25, -0.2) is 4.98 Å². The highest BCUT2D eigenvalue weighted by Crippen LogP contribution is 2.18. The van der Waals surface area contributed by atoms with E-state index < -0.39 is 0 Å². The largest absolute Gasteiger partial charge is 0.366 e. The van der Waals surface area contributed by atoms with Crippen LogP contribution in [0, 0.1) is 6.92 Å². The molecule has 1 aliphatic rings. The van der Waals surface area contributed by atoms with Gasteiger partial charge in [-0.2, -0.15) is 0 Å². The molecular weight excluding hydrogens is 254 g/mol. The summed E-state index contributed by atoms with van der Waals surface area (Å²) in [7, 11) is 0. The predicted octanol–water partition coefficient (Wildman–Crippen LogP) is 2.32. The van der Waals surface area contributed by atoms with E-state index in [-0.39, 0.29) is 0 Å². The molecule has 1 atom stereocenters. The number of pyridine rings is 1. The van der Waals surface area contributed by atoms with Crippen molar-refractivity contribution in [3.63, 3.8) is 0 Å². The molecule has 1 saturated heterocycles. The molecule has 1 aliphatic heterocycles. The Balaban J connectivity index is 2.00. The maximum absolute atomic E-state index is 4.35. The fraction of sp³-hybridized carbons (Fsp3) is 0.545. The van der Waals surface area contributed by atoms with Gasteiger partial charge in [0.2, 0.25) is 0 Å². The van der Waals surface area contributed by atoms with Gasteiger partial charge in [0.05, 0.1) is 0 Å². The first-order valence-corrected chi connectivity index (χ1v) is 6.14. The lowest BCUT2D eigenvalue weighted by atomic mass is 10.1. The van der Waals surface area contributed by atoms with Crippen LogP contribution in [0.1, 0.15) is 18.4 Å². The lowest BCUT2D eigenvalue weighted by Crippen LogP contribution is -2.38. The van der Waals surface area contributed by atoms with Crippen LogP contribution in [-0.2, 0) is 0 Å². The number of aromatic nitrogens is 1. The summed E-state index contributed by atoms with van der Waals surface area (Å²) in [6.45, 7) is 4.26. The SMILES string of the molecule is Cc1cc(NC2CCCNC2)ncc1Br. The monoisotopic (exact) mass is 269 g/mol. The normalized spacial score (nSPS) is 21.3. The number of nitrogens with zero attached hydrogens (tertiary/aromatic N) is 1. The zero-order chi connectivity index (χ0) is 10.7. The molecule has 0 saturated carbocycles. The van der Waals surface area contributed by atoms with Crippen molar-refractivity contribution >= 4 is 21.7 Å². The molecule has 0 aliphatic carbocycles. The van der Waals surface area contributed by atoms with E-state index in [1.54, 1.807) is 0 Å². The van der Waals surface area contributed by atoms with Crippen LogP contribution in [0.2, 0.25) is 0 Å². The van der Waals surface area contributed by atoms with E-state index in [4.69, 9.17) is 0 Å². The van der Waals surface area contributed by atoms with Crippen molar-refractivity contribution in [2.24, 2.45) is 0 Å². The number of nitrogens with one attached hydrogen (secondary N) is 2. The lowest BCUT2D eigenvalue weighted by molar-refractivity contribution is 0.479. The Hall–Kier alpha value is -0.610. The van der Waals surface area contributed by atoms with E-state index in [1.165, 1.54) is 18.4 Å². The molecule has 0 aromatic carbocycles. The highest BCUT2D eigenvalue weighted by molar-refractivity contribution is 9.10. The molecule has 1 fully saturated rings. The van der Waals surface area contributed by atoms with Gasteiger partial charge in [0, 0.05) is 23.3 Å². The molecule has 15 heavy (non-hydrogen) atoms. The molecule has 0 bridgehead atoms. The van der Waals surface area contributed by atoms with Crippen LogP contribution in [0.25, 0.3) is 0 Å². The highest BCUT2D eigenvalue weighted by atomic mass is 79.9. The molecule has 82 valence electrons. The summed E-state index contributed by atoms with van der Waals surface area (Å²) >= 11 is 3.45. The average molecular weight is 270 g/mol. The van der Waals surface area contributed by atoms with Crippen LogP contribution in [0.15, 0.2) is 16.7 Å². The minimum atomic E-state index is 0.520. The minimum absolute atomic E-state index is 0.520. The molecule has 0 radical (unpaired) electrons. The van der Waals surface area contributed by atoms with Crippen molar-refractivity contribution < 1.29 is 0 Å². The number of hydrogen-bond acceptors (Lipinski definition) is 3. The molecule has 1 aromatic rings. The summed E-state index contributed by atoms with van der Waals surface area (Å²) in [4.78, 5) is 4.35. The second kappa shape index (κ2) is 4.94. The van der Waals surface area contributed by atoms with Crippen molar-refractivity contribution in [2.45, 2.75) is 25.8 Å². The van der Waals surface area contributed by atoms with Crippen LogP contribution in [0.3, 0.4) is 0 Å². The van der Waals surface area contributed by atoms with E-state index in [9.17, 15) is 0 Å². The highest BCUT2D eigenvalue weighted by Gasteiger charge is 2.12. The molecule has 0 spiro atoms. The Morgan fingerprint density at radius 2 is 2.47 bits per heavy atom. The molecule has 3 nitrogen and oxygen atoms in total. The number of aryl methyl sites for hydroxylation is 1. The summed E-state index contributed by atoms with van der Waals surface area (Å²) in [5, 5.41) is 6.84. The Morgan fingerprint density at radius 3 is 3.13 bits per heavy atom. The third kappa shape index (κ3) is 2.92. The summed E-state index contributed by atoms with van der Waals surface area (Å²) in [6, 6.07) is 2.60. The fourth-order valence-corrected chi connectivity index (χ4v) is 2.02. The molecule has 2 rings (SSSR count). The molecule has 0 amide bonds. The number of hydrogen-bond donors (Lipinski definition) is 2. The van der Waals surface area contributed by atoms with Gasteiger partial charge in [0.1, 0.15) is 5.82 Å². The summed E-state index contributed by atoms with van der Waals surface area (Å²) in [5.74, 6) is 0.976. The second-order valence-corrected chi connectivity index (χ2v) is 4.86. The lowest BCUT2D eigenvalue weighted by Gasteiger charge is -2.24. The van der Waals surface area contributed by atoms with Gasteiger partial charge in [0.25, 0.3) is 0 Å². The van der Waals surface area contributed by atoms with Crippen LogP contribution < -0.4 is 10.6 Å². The van der Waals surface area contributed by atoms with Gasteiger partial charge >= 0.3 is 0 Å². The quantitative estimate of drug-likeness (QED) is 0.866. The fourth-order valence-electron chi connectivity index (χ4n) is 1.80. The first-order chi connectivity index (χ1) is 7.25. The number of halogens is 1. The second-order valence-electron chi connectivity index (χ2n) is 4.01. The van der Waals surface area contributed by atoms with Gasteiger partial charge in [-0.05, 0) is 53.9 Å². The van der Waals surface area contributed by atoms with E-state index in [1.807, 2.05) is 6.20 Å². The Labute approximate surface area is 98.8 Å². The Morgan fingerprint density at radius 1 is 1.60 bits per heavy atom. The van der Waals surface area contributed by atoms with Gasteiger partial charge in [0.15, 0.2) is 0 Å². The molecule has 4 heteroatoms. The van der Waals surface area contributed by atoms with Gasteiger partial charge in [-0.1, -0.05) is 0 Å². The van der Waals surface area contributed by atoms with Gasteiger partial charge in [-0.15, -0.1) is 0 Å². The van der Waals surface area contributed by atoms with E-state index in [0.717, 1.165) is 23.4 Å². The first-order valence-electron chi connectivity index (χ1n) is 5.35. The van der Waals surface area contributed by atoms with Crippen LogP contribution in [0.4, 0.5) is 5.82 Å². The van der Waals surface area contributed by atoms with Crippen molar-refractivity contribution in [1.29, 1.82) is 0 Å². The van der Waals surface area contributed by atoms with E-state index in [2.05, 4.69) is 44.5 Å². The van der Waals surface area contributed by atoms with Crippen LogP contribution in [-0.4, -0.2) is 24.1 Å². The predicted molar refractivity (Wildman–Crippen MR) is 66.2 cm³/mol. The smallest absolute Gasteiger partial charge is 0.126 e. The van der Waals surface area contributed by atoms with Crippen molar-refractivity contribution in [1.82, 2.24) is 10.3 Å². The third-order valence-corrected chi connectivity index (χ3v) is 3.53. The van der Waals surface area contributed by atoms with Gasteiger partial charge in [-0.3, -0.25) is 0 Å². The van der Waals surface area contributed by atoms with E-state index in [0.29, 0.717) is 6.04 Å². The molecule has 2 heterocycles. The number of piperidine rings is 1. The van der Waals surface area contributed by atoms with Crippen LogP contribution >= 0.6 is 15.9 Å². The average Bonchev–Trinajstić information content (AvgIpc) is 2.25. The zero-order valence-corrected chi connectivity index (χ0v) is 10.5. The first kappa shape index (κ1) is 10.9. The van der Waals surface area contributed by atoms with E-state index >= 15 is 0 Å². The molecule has 1 aromatic heterocycles. The third-order valence-electron chi connectivity index (χ3n) is 2.70. The maximum atomic E-state index is 4.35. The van der Waals surface area contributed by atoms with Crippen molar-refractivity contribution in [3.05, 3.63) is 22.3 Å². The summed E-state index contributed by atoms with van der Waals surface area (Å²) in [6.07, 6.45) is 4.32. The molecule has 2 N–H and O–H groups in total. The van der Waals surface area contributed by atoms with Gasteiger partial charge < -0.3 is 10.6 Å². The maximum Gasteiger partial charge on any atom is 0.126 e. The zero-order valence-electron chi connectivity index (χ0n) is 8.89. The summed E-state index contributed by atoms with van der Waals surface area (Å²) < 4.78 is 1.06. The number of rotatable bonds is 2. The number of anilines is 1. The Bertz CT molecular complexity index is 335. The topological polar surface area (TPSA) is 37.0 Å². The standard InChI is InChI=1S/C11H16BrN3/c1-8-5-11(14-7-10(8)12)15-9-3-2-4-13-6-9/h5,7,9,13H,2-4,6H2,1H3,(H,14,15). The van der Waals surface area contributed by atoms with Crippen molar-refractivity contribution in [2.75, 3.05) is 18.4 Å². The minimum Gasteiger partial charge on any atom is -0.366 e. The Kier molecular flexibility index (Phi) is 3.59.